The third kappa shape index (κ3) is 4.73. The highest BCUT2D eigenvalue weighted by atomic mass is 32.1. The maximum Gasteiger partial charge on any atom is 0.367 e. The number of fused-ring (bicyclic) bond motifs is 1. The van der Waals surface area contributed by atoms with Crippen molar-refractivity contribution < 1.29 is 19.0 Å². The van der Waals surface area contributed by atoms with E-state index in [4.69, 9.17) is 0 Å². The maximum absolute atomic E-state index is 13.9. The molecule has 9 heteroatoms. The number of halogens is 1. The second-order valence-electron chi connectivity index (χ2n) is 6.95. The summed E-state index contributed by atoms with van der Waals surface area (Å²) in [6.45, 7) is 5.72. The Morgan fingerprint density at radius 3 is 2.80 bits per heavy atom. The Balaban J connectivity index is 1.86. The number of ether oxygens (including phenoxy) is 1. The van der Waals surface area contributed by atoms with Crippen LogP contribution in [0.1, 0.15) is 48.5 Å². The second-order valence-corrected chi connectivity index (χ2v) is 7.89. The van der Waals surface area contributed by atoms with Gasteiger partial charge in [-0.1, -0.05) is 13.8 Å². The lowest BCUT2D eigenvalue weighted by molar-refractivity contribution is -0.140. The average molecular weight is 431 g/mol. The minimum Gasteiger partial charge on any atom is -0.493 e. The van der Waals surface area contributed by atoms with Crippen molar-refractivity contribution in [3.8, 4) is 5.88 Å². The standard InChI is InChI=1S/C21H22FN3O4S/c1-4-29-21(28)15(22)10-14-19(26)24-17-9-13(7-8-25(17)20(14)27)5-6-18-23-16(11-30-18)12(2)3/h7-12,26H,4-6H2,1-3H3. The molecule has 0 unspecified atom stereocenters. The molecule has 0 saturated heterocycles. The average Bonchev–Trinajstić information content (AvgIpc) is 3.19. The molecule has 1 N–H and O–H groups in total. The summed E-state index contributed by atoms with van der Waals surface area (Å²) in [7, 11) is 0. The summed E-state index contributed by atoms with van der Waals surface area (Å²) < 4.78 is 19.6. The van der Waals surface area contributed by atoms with Gasteiger partial charge in [0, 0.05) is 18.0 Å². The Morgan fingerprint density at radius 2 is 2.13 bits per heavy atom. The van der Waals surface area contributed by atoms with Crippen molar-refractivity contribution >= 4 is 29.0 Å². The monoisotopic (exact) mass is 431 g/mol. The molecule has 7 nitrogen and oxygen atoms in total. The number of thiazole rings is 1. The third-order valence-electron chi connectivity index (χ3n) is 4.44. The summed E-state index contributed by atoms with van der Waals surface area (Å²) in [6, 6.07) is 3.45. The fourth-order valence-corrected chi connectivity index (χ4v) is 3.77. The van der Waals surface area contributed by atoms with Gasteiger partial charge in [-0.25, -0.2) is 9.78 Å². The lowest BCUT2D eigenvalue weighted by atomic mass is 10.1. The fraction of sp³-hybridized carbons (Fsp3) is 0.333. The van der Waals surface area contributed by atoms with Crippen LogP contribution >= 0.6 is 11.3 Å². The zero-order valence-electron chi connectivity index (χ0n) is 16.9. The smallest absolute Gasteiger partial charge is 0.367 e. The van der Waals surface area contributed by atoms with Crippen LogP contribution in [0, 0.1) is 0 Å². The number of aromatic nitrogens is 3. The molecule has 0 atom stereocenters. The van der Waals surface area contributed by atoms with Gasteiger partial charge in [0.1, 0.15) is 11.2 Å². The summed E-state index contributed by atoms with van der Waals surface area (Å²) in [4.78, 5) is 32.6. The van der Waals surface area contributed by atoms with Crippen LogP contribution in [0.2, 0.25) is 0 Å². The summed E-state index contributed by atoms with van der Waals surface area (Å²) in [5, 5.41) is 13.2. The molecule has 0 aliphatic rings. The normalized spacial score (nSPS) is 12.0. The van der Waals surface area contributed by atoms with Crippen molar-refractivity contribution in [1.82, 2.24) is 14.4 Å². The quantitative estimate of drug-likeness (QED) is 0.453. The van der Waals surface area contributed by atoms with Gasteiger partial charge in [-0.15, -0.1) is 11.3 Å². The van der Waals surface area contributed by atoms with E-state index < -0.39 is 28.8 Å². The van der Waals surface area contributed by atoms with Gasteiger partial charge < -0.3 is 9.84 Å². The van der Waals surface area contributed by atoms with Crippen LogP contribution in [-0.2, 0) is 22.4 Å². The fourth-order valence-electron chi connectivity index (χ4n) is 2.81. The van der Waals surface area contributed by atoms with Crippen molar-refractivity contribution in [1.29, 1.82) is 0 Å². The third-order valence-corrected chi connectivity index (χ3v) is 5.37. The number of nitrogens with zero attached hydrogens (tertiary/aromatic N) is 3. The highest BCUT2D eigenvalue weighted by Crippen LogP contribution is 2.20. The minimum atomic E-state index is -1.29. The minimum absolute atomic E-state index is 0.0103. The second kappa shape index (κ2) is 9.17. The van der Waals surface area contributed by atoms with E-state index in [0.717, 1.165) is 22.7 Å². The van der Waals surface area contributed by atoms with Gasteiger partial charge in [0.05, 0.1) is 17.3 Å². The van der Waals surface area contributed by atoms with Gasteiger partial charge in [-0.2, -0.15) is 9.37 Å². The lowest BCUT2D eigenvalue weighted by Crippen LogP contribution is -2.18. The van der Waals surface area contributed by atoms with E-state index in [2.05, 4.69) is 33.9 Å². The first kappa shape index (κ1) is 21.6. The van der Waals surface area contributed by atoms with Crippen LogP contribution in [0.5, 0.6) is 5.88 Å². The molecule has 3 aromatic heterocycles. The highest BCUT2D eigenvalue weighted by Gasteiger charge is 2.16. The van der Waals surface area contributed by atoms with Crippen molar-refractivity contribution in [2.75, 3.05) is 6.61 Å². The zero-order chi connectivity index (χ0) is 21.8. The Morgan fingerprint density at radius 1 is 1.37 bits per heavy atom. The molecular formula is C21H22FN3O4S. The van der Waals surface area contributed by atoms with Gasteiger partial charge in [-0.3, -0.25) is 9.20 Å². The van der Waals surface area contributed by atoms with Crippen LogP contribution in [0.25, 0.3) is 11.7 Å². The molecule has 0 aliphatic heterocycles. The number of rotatable bonds is 7. The first-order chi connectivity index (χ1) is 14.3. The number of esters is 1. The van der Waals surface area contributed by atoms with Crippen molar-refractivity contribution in [2.24, 2.45) is 0 Å². The molecule has 0 fully saturated rings. The predicted molar refractivity (Wildman–Crippen MR) is 112 cm³/mol. The predicted octanol–water partition coefficient (Wildman–Crippen LogP) is 3.64. The highest BCUT2D eigenvalue weighted by molar-refractivity contribution is 7.09. The van der Waals surface area contributed by atoms with E-state index in [1.165, 1.54) is 17.5 Å². The summed E-state index contributed by atoms with van der Waals surface area (Å²) >= 11 is 1.62. The van der Waals surface area contributed by atoms with E-state index in [0.29, 0.717) is 18.4 Å². The first-order valence-electron chi connectivity index (χ1n) is 9.53. The first-order valence-corrected chi connectivity index (χ1v) is 10.4. The summed E-state index contributed by atoms with van der Waals surface area (Å²) in [6.07, 6.45) is 3.59. The molecule has 0 spiro atoms. The molecule has 0 amide bonds. The topological polar surface area (TPSA) is 93.8 Å². The van der Waals surface area contributed by atoms with Gasteiger partial charge in [0.25, 0.3) is 5.56 Å². The van der Waals surface area contributed by atoms with Crippen molar-refractivity contribution in [3.05, 3.63) is 61.7 Å². The molecule has 0 radical (unpaired) electrons. The van der Waals surface area contributed by atoms with Gasteiger partial charge in [0.2, 0.25) is 11.7 Å². The van der Waals surface area contributed by atoms with E-state index in [9.17, 15) is 19.1 Å². The molecule has 3 rings (SSSR count). The molecule has 0 aromatic carbocycles. The number of aromatic hydroxyl groups is 1. The summed E-state index contributed by atoms with van der Waals surface area (Å²) in [5.74, 6) is -2.77. The van der Waals surface area contributed by atoms with E-state index >= 15 is 0 Å². The number of hydrogen-bond acceptors (Lipinski definition) is 7. The molecule has 0 aliphatic carbocycles. The van der Waals surface area contributed by atoms with Crippen LogP contribution in [0.3, 0.4) is 0 Å². The van der Waals surface area contributed by atoms with E-state index in [1.54, 1.807) is 23.5 Å². The van der Waals surface area contributed by atoms with Gasteiger partial charge in [0.15, 0.2) is 0 Å². The molecule has 0 bridgehead atoms. The Labute approximate surface area is 176 Å². The number of carbonyl (C=O) groups is 1. The summed E-state index contributed by atoms with van der Waals surface area (Å²) in [5.41, 5.74) is 1.11. The van der Waals surface area contributed by atoms with Crippen molar-refractivity contribution in [3.63, 3.8) is 0 Å². The Hall–Kier alpha value is -3.07. The van der Waals surface area contributed by atoms with Gasteiger partial charge in [-0.05, 0) is 43.0 Å². The number of carbonyl (C=O) groups excluding carboxylic acids is 1. The zero-order valence-corrected chi connectivity index (χ0v) is 17.7. The number of aryl methyl sites for hydroxylation is 2. The van der Waals surface area contributed by atoms with E-state index in [1.807, 2.05) is 0 Å². The van der Waals surface area contributed by atoms with Crippen molar-refractivity contribution in [2.45, 2.75) is 39.5 Å². The van der Waals surface area contributed by atoms with Crippen LogP contribution in [0.4, 0.5) is 4.39 Å². The number of pyridine rings is 1. The molecule has 0 saturated carbocycles. The van der Waals surface area contributed by atoms with Gasteiger partial charge >= 0.3 is 5.97 Å². The molecule has 30 heavy (non-hydrogen) atoms. The molecule has 158 valence electrons. The molecular weight excluding hydrogens is 409 g/mol. The van der Waals surface area contributed by atoms with Crippen LogP contribution < -0.4 is 5.56 Å². The maximum atomic E-state index is 13.9. The largest absolute Gasteiger partial charge is 0.493 e. The lowest BCUT2D eigenvalue weighted by Gasteiger charge is -2.07. The number of hydrogen-bond donors (Lipinski definition) is 1. The molecule has 3 heterocycles. The molecule has 3 aromatic rings. The van der Waals surface area contributed by atoms with Crippen LogP contribution in [0.15, 0.2) is 34.3 Å². The van der Waals surface area contributed by atoms with Crippen LogP contribution in [-0.4, -0.2) is 32.1 Å². The Bertz CT molecular complexity index is 1170. The SMILES string of the molecule is CCOC(=O)C(F)=Cc1c(O)nc2cc(CCc3nc(C(C)C)cs3)ccn2c1=O. The van der Waals surface area contributed by atoms with E-state index in [-0.39, 0.29) is 12.3 Å². The Kier molecular flexibility index (Phi) is 6.61.